The first-order valence-electron chi connectivity index (χ1n) is 7.65. The maximum absolute atomic E-state index is 12.9. The summed E-state index contributed by atoms with van der Waals surface area (Å²) in [6.07, 6.45) is 2.14. The van der Waals surface area contributed by atoms with Gasteiger partial charge in [-0.2, -0.15) is 11.3 Å². The van der Waals surface area contributed by atoms with Crippen molar-refractivity contribution in [2.75, 3.05) is 7.11 Å². The molecule has 1 aliphatic carbocycles. The number of fused-ring (bicyclic) bond motifs is 1. The van der Waals surface area contributed by atoms with Crippen LogP contribution < -0.4 is 4.74 Å². The number of amides is 1. The van der Waals surface area contributed by atoms with E-state index in [1.165, 1.54) is 5.56 Å². The number of benzene rings is 1. The zero-order valence-corrected chi connectivity index (χ0v) is 13.6. The van der Waals surface area contributed by atoms with E-state index in [0.717, 1.165) is 18.2 Å². The van der Waals surface area contributed by atoms with Crippen LogP contribution in [-0.4, -0.2) is 24.0 Å². The Kier molecular flexibility index (Phi) is 3.58. The number of hydrogen-bond acceptors (Lipinski definition) is 4. The number of ether oxygens (including phenoxy) is 1. The van der Waals surface area contributed by atoms with Gasteiger partial charge in [0.25, 0.3) is 5.91 Å². The van der Waals surface area contributed by atoms with Gasteiger partial charge in [-0.05, 0) is 47.4 Å². The van der Waals surface area contributed by atoms with Crippen molar-refractivity contribution >= 4 is 28.2 Å². The summed E-state index contributed by atoms with van der Waals surface area (Å²) in [5.41, 5.74) is 1.80. The average Bonchev–Trinajstić information content (AvgIpc) is 3.11. The lowest BCUT2D eigenvalue weighted by Crippen LogP contribution is -2.32. The van der Waals surface area contributed by atoms with Crippen LogP contribution in [0.4, 0.5) is 0 Å². The summed E-state index contributed by atoms with van der Waals surface area (Å²) in [5, 5.41) is 5.01. The molecule has 118 valence electrons. The van der Waals surface area contributed by atoms with E-state index in [-0.39, 0.29) is 5.91 Å². The molecule has 4 rings (SSSR count). The second-order valence-corrected chi connectivity index (χ2v) is 6.57. The fourth-order valence-electron chi connectivity index (χ4n) is 2.78. The minimum absolute atomic E-state index is 0.0445. The van der Waals surface area contributed by atoms with Gasteiger partial charge in [0.05, 0.1) is 7.11 Å². The molecule has 0 radical (unpaired) electrons. The van der Waals surface area contributed by atoms with E-state index in [0.29, 0.717) is 29.7 Å². The number of furan rings is 1. The van der Waals surface area contributed by atoms with Crippen molar-refractivity contribution < 1.29 is 13.9 Å². The van der Waals surface area contributed by atoms with Gasteiger partial charge in [-0.25, -0.2) is 0 Å². The number of methoxy groups -OCH3 is 1. The monoisotopic (exact) mass is 327 g/mol. The van der Waals surface area contributed by atoms with E-state index >= 15 is 0 Å². The molecule has 0 bridgehead atoms. The third-order valence-electron chi connectivity index (χ3n) is 4.12. The van der Waals surface area contributed by atoms with Crippen LogP contribution in [0, 0.1) is 0 Å². The number of hydrogen-bond donors (Lipinski definition) is 0. The second kappa shape index (κ2) is 5.74. The van der Waals surface area contributed by atoms with Gasteiger partial charge in [-0.1, -0.05) is 12.1 Å². The topological polar surface area (TPSA) is 42.7 Å². The van der Waals surface area contributed by atoms with Gasteiger partial charge in [0, 0.05) is 18.0 Å². The Morgan fingerprint density at radius 1 is 1.39 bits per heavy atom. The highest BCUT2D eigenvalue weighted by molar-refractivity contribution is 7.07. The van der Waals surface area contributed by atoms with Gasteiger partial charge in [0.1, 0.15) is 0 Å². The predicted molar refractivity (Wildman–Crippen MR) is 90.0 cm³/mol. The molecule has 0 N–H and O–H groups in total. The molecule has 3 aromatic rings. The summed E-state index contributed by atoms with van der Waals surface area (Å²) in [6.45, 7) is 0.640. The Labute approximate surface area is 138 Å². The zero-order chi connectivity index (χ0) is 15.8. The number of thiophene rings is 1. The molecule has 0 saturated heterocycles. The highest BCUT2D eigenvalue weighted by atomic mass is 32.1. The van der Waals surface area contributed by atoms with Gasteiger partial charge in [0.15, 0.2) is 17.1 Å². The molecular weight excluding hydrogens is 310 g/mol. The van der Waals surface area contributed by atoms with Crippen LogP contribution in [-0.2, 0) is 6.54 Å². The molecule has 23 heavy (non-hydrogen) atoms. The van der Waals surface area contributed by atoms with Crippen molar-refractivity contribution in [3.63, 3.8) is 0 Å². The molecule has 0 spiro atoms. The lowest BCUT2D eigenvalue weighted by atomic mass is 10.2. The first kappa shape index (κ1) is 14.3. The van der Waals surface area contributed by atoms with E-state index in [1.54, 1.807) is 18.4 Å². The van der Waals surface area contributed by atoms with Gasteiger partial charge >= 0.3 is 0 Å². The highest BCUT2D eigenvalue weighted by Gasteiger charge is 2.34. The second-order valence-electron chi connectivity index (χ2n) is 5.79. The Morgan fingerprint density at radius 2 is 2.26 bits per heavy atom. The molecule has 0 unspecified atom stereocenters. The van der Waals surface area contributed by atoms with Gasteiger partial charge in [-0.3, -0.25) is 4.79 Å². The first-order valence-corrected chi connectivity index (χ1v) is 8.59. The number of nitrogens with zero attached hydrogens (tertiary/aromatic N) is 1. The largest absolute Gasteiger partial charge is 0.493 e. The van der Waals surface area contributed by atoms with Crippen LogP contribution in [0.25, 0.3) is 11.0 Å². The first-order chi connectivity index (χ1) is 11.3. The highest BCUT2D eigenvalue weighted by Crippen LogP contribution is 2.33. The zero-order valence-electron chi connectivity index (χ0n) is 12.8. The molecule has 1 saturated carbocycles. The van der Waals surface area contributed by atoms with Crippen molar-refractivity contribution in [2.24, 2.45) is 0 Å². The summed E-state index contributed by atoms with van der Waals surface area (Å²) in [4.78, 5) is 14.8. The van der Waals surface area contributed by atoms with Crippen LogP contribution in [0.15, 0.2) is 45.5 Å². The maximum atomic E-state index is 12.9. The third-order valence-corrected chi connectivity index (χ3v) is 4.85. The normalized spacial score (nSPS) is 14.1. The number of para-hydroxylation sites is 1. The quantitative estimate of drug-likeness (QED) is 0.701. The fraction of sp³-hybridized carbons (Fsp3) is 0.278. The fourth-order valence-corrected chi connectivity index (χ4v) is 3.44. The number of carbonyl (C=O) groups is 1. The Balaban J connectivity index is 1.66. The number of rotatable bonds is 5. The van der Waals surface area contributed by atoms with Crippen molar-refractivity contribution in [1.29, 1.82) is 0 Å². The lowest BCUT2D eigenvalue weighted by Gasteiger charge is -2.20. The maximum Gasteiger partial charge on any atom is 0.290 e. The van der Waals surface area contributed by atoms with Crippen molar-refractivity contribution in [1.82, 2.24) is 4.90 Å². The standard InChI is InChI=1S/C18H17NO3S/c1-21-15-4-2-3-13-9-16(22-17(13)15)18(20)19(14-5-6-14)10-12-7-8-23-11-12/h2-4,7-9,11,14H,5-6,10H2,1H3. The van der Waals surface area contributed by atoms with Gasteiger partial charge < -0.3 is 14.1 Å². The molecule has 0 atom stereocenters. The Hall–Kier alpha value is -2.27. The minimum Gasteiger partial charge on any atom is -0.493 e. The number of carbonyl (C=O) groups excluding carboxylic acids is 1. The van der Waals surface area contributed by atoms with Crippen LogP contribution in [0.3, 0.4) is 0 Å². The molecule has 1 aliphatic rings. The van der Waals surface area contributed by atoms with Crippen LogP contribution >= 0.6 is 11.3 Å². The Bertz CT molecular complexity index is 833. The van der Waals surface area contributed by atoms with E-state index in [9.17, 15) is 4.79 Å². The third kappa shape index (κ3) is 2.72. The molecule has 5 heteroatoms. The van der Waals surface area contributed by atoms with E-state index < -0.39 is 0 Å². The Morgan fingerprint density at radius 3 is 2.96 bits per heavy atom. The van der Waals surface area contributed by atoms with Crippen molar-refractivity contribution in [2.45, 2.75) is 25.4 Å². The summed E-state index contributed by atoms with van der Waals surface area (Å²) >= 11 is 1.65. The molecule has 4 nitrogen and oxygen atoms in total. The van der Waals surface area contributed by atoms with E-state index in [2.05, 4.69) is 11.4 Å². The van der Waals surface area contributed by atoms with Gasteiger partial charge in [0.2, 0.25) is 0 Å². The van der Waals surface area contributed by atoms with Crippen LogP contribution in [0.1, 0.15) is 29.0 Å². The van der Waals surface area contributed by atoms with Crippen molar-refractivity contribution in [3.05, 3.63) is 52.4 Å². The molecule has 1 aromatic carbocycles. The lowest BCUT2D eigenvalue weighted by molar-refractivity contribution is 0.0700. The summed E-state index contributed by atoms with van der Waals surface area (Å²) in [5.74, 6) is 0.987. The van der Waals surface area contributed by atoms with Crippen molar-refractivity contribution in [3.8, 4) is 5.75 Å². The van der Waals surface area contributed by atoms with E-state index in [4.69, 9.17) is 9.15 Å². The van der Waals surface area contributed by atoms with Gasteiger partial charge in [-0.15, -0.1) is 0 Å². The molecule has 0 aliphatic heterocycles. The van der Waals surface area contributed by atoms with Crippen LogP contribution in [0.2, 0.25) is 0 Å². The van der Waals surface area contributed by atoms with Crippen LogP contribution in [0.5, 0.6) is 5.75 Å². The molecule has 1 amide bonds. The summed E-state index contributed by atoms with van der Waals surface area (Å²) in [6, 6.07) is 9.87. The summed E-state index contributed by atoms with van der Waals surface area (Å²) < 4.78 is 11.1. The average molecular weight is 327 g/mol. The molecule has 2 aromatic heterocycles. The SMILES string of the molecule is COc1cccc2cc(C(=O)N(Cc3ccsc3)C3CC3)oc12. The smallest absolute Gasteiger partial charge is 0.290 e. The van der Waals surface area contributed by atoms with E-state index in [1.807, 2.05) is 34.5 Å². The predicted octanol–water partition coefficient (Wildman–Crippen LogP) is 4.31. The summed E-state index contributed by atoms with van der Waals surface area (Å²) in [7, 11) is 1.60. The molecule has 2 heterocycles. The molecular formula is C18H17NO3S. The molecule has 1 fully saturated rings. The minimum atomic E-state index is -0.0445.